The highest BCUT2D eigenvalue weighted by atomic mass is 35.5. The molecule has 0 aliphatic carbocycles. The third kappa shape index (κ3) is 1.13. The van der Waals surface area contributed by atoms with Crippen molar-refractivity contribution >= 4 is 16.8 Å². The van der Waals surface area contributed by atoms with E-state index in [-0.39, 0.29) is 0 Å². The van der Waals surface area contributed by atoms with Gasteiger partial charge in [0.2, 0.25) is 0 Å². The van der Waals surface area contributed by atoms with Gasteiger partial charge in [-0.15, -0.1) is 0 Å². The zero-order valence-corrected chi connectivity index (χ0v) is 5.61. The number of halogens is 1. The molecule has 0 bridgehead atoms. The quantitative estimate of drug-likeness (QED) is 0.564. The highest BCUT2D eigenvalue weighted by Gasteiger charge is 2.06. The van der Waals surface area contributed by atoms with Gasteiger partial charge in [-0.1, -0.05) is 0 Å². The van der Waals surface area contributed by atoms with Gasteiger partial charge >= 0.3 is 0 Å². The van der Waals surface area contributed by atoms with Crippen LogP contribution in [0, 0.1) is 6.92 Å². The lowest BCUT2D eigenvalue weighted by molar-refractivity contribution is 0.108. The fourth-order valence-corrected chi connectivity index (χ4v) is 0.755. The van der Waals surface area contributed by atoms with Gasteiger partial charge in [0.15, 0.2) is 0 Å². The molecule has 2 nitrogen and oxygen atoms in total. The lowest BCUT2D eigenvalue weighted by Gasteiger charge is -1.83. The lowest BCUT2D eigenvalue weighted by atomic mass is 10.2. The van der Waals surface area contributed by atoms with Crippen molar-refractivity contribution in [2.75, 3.05) is 0 Å². The van der Waals surface area contributed by atoms with E-state index in [2.05, 4.69) is 0 Å². The van der Waals surface area contributed by atoms with Crippen molar-refractivity contribution in [1.82, 2.24) is 0 Å². The summed E-state index contributed by atoms with van der Waals surface area (Å²) >= 11 is 5.15. The average Bonchev–Trinajstić information content (AvgIpc) is 2.13. The third-order valence-electron chi connectivity index (χ3n) is 1.07. The number of hydrogen-bond donors (Lipinski definition) is 0. The Hall–Kier alpha value is -0.760. The van der Waals surface area contributed by atoms with E-state index in [1.54, 1.807) is 6.92 Å². The van der Waals surface area contributed by atoms with Crippen LogP contribution in [0.25, 0.3) is 0 Å². The van der Waals surface area contributed by atoms with Crippen LogP contribution in [0.1, 0.15) is 15.9 Å². The molecule has 48 valence electrons. The molecule has 1 heterocycles. The molecule has 1 rings (SSSR count). The van der Waals surface area contributed by atoms with Gasteiger partial charge in [-0.3, -0.25) is 4.79 Å². The molecule has 0 saturated heterocycles. The monoisotopic (exact) mass is 144 g/mol. The van der Waals surface area contributed by atoms with Crippen LogP contribution < -0.4 is 0 Å². The summed E-state index contributed by atoms with van der Waals surface area (Å²) < 4.78 is 4.70. The zero-order valence-electron chi connectivity index (χ0n) is 4.85. The van der Waals surface area contributed by atoms with Crippen LogP contribution in [-0.4, -0.2) is 5.24 Å². The maximum absolute atomic E-state index is 10.4. The SMILES string of the molecule is Cc1cocc1C(=O)Cl. The minimum Gasteiger partial charge on any atom is -0.472 e. The molecule has 0 aromatic carbocycles. The van der Waals surface area contributed by atoms with E-state index in [0.29, 0.717) is 5.56 Å². The van der Waals surface area contributed by atoms with E-state index in [4.69, 9.17) is 16.0 Å². The third-order valence-corrected chi connectivity index (χ3v) is 1.27. The predicted molar refractivity (Wildman–Crippen MR) is 33.6 cm³/mol. The fourth-order valence-electron chi connectivity index (χ4n) is 0.562. The van der Waals surface area contributed by atoms with E-state index >= 15 is 0 Å². The van der Waals surface area contributed by atoms with Crippen LogP contribution in [0.5, 0.6) is 0 Å². The second-order valence-corrected chi connectivity index (χ2v) is 2.09. The highest BCUT2D eigenvalue weighted by molar-refractivity contribution is 6.67. The number of carbonyl (C=O) groups is 1. The molecule has 0 N–H and O–H groups in total. The van der Waals surface area contributed by atoms with Crippen LogP contribution in [0.4, 0.5) is 0 Å². The number of aryl methyl sites for hydroxylation is 1. The Morgan fingerprint density at radius 3 is 2.56 bits per heavy atom. The maximum Gasteiger partial charge on any atom is 0.255 e. The molecule has 0 saturated carbocycles. The first kappa shape index (κ1) is 6.36. The second-order valence-electron chi connectivity index (χ2n) is 1.74. The molecule has 0 unspecified atom stereocenters. The van der Waals surface area contributed by atoms with Crippen LogP contribution in [0.15, 0.2) is 16.9 Å². The summed E-state index contributed by atoms with van der Waals surface area (Å²) in [6.45, 7) is 1.76. The van der Waals surface area contributed by atoms with Crippen molar-refractivity contribution < 1.29 is 9.21 Å². The number of hydrogen-bond acceptors (Lipinski definition) is 2. The zero-order chi connectivity index (χ0) is 6.85. The normalized spacial score (nSPS) is 9.56. The molecule has 1 aromatic rings. The molecule has 0 fully saturated rings. The predicted octanol–water partition coefficient (Wildman–Crippen LogP) is 1.97. The molecule has 0 aliphatic rings. The summed E-state index contributed by atoms with van der Waals surface area (Å²) in [4.78, 5) is 10.4. The van der Waals surface area contributed by atoms with Crippen molar-refractivity contribution in [1.29, 1.82) is 0 Å². The Labute approximate surface area is 57.4 Å². The van der Waals surface area contributed by atoms with Gasteiger partial charge in [-0.25, -0.2) is 0 Å². The Bertz CT molecular complexity index is 227. The Morgan fingerprint density at radius 1 is 1.67 bits per heavy atom. The van der Waals surface area contributed by atoms with Crippen molar-refractivity contribution in [3.63, 3.8) is 0 Å². The smallest absolute Gasteiger partial charge is 0.255 e. The summed E-state index contributed by atoms with van der Waals surface area (Å²) in [6, 6.07) is 0. The van der Waals surface area contributed by atoms with Gasteiger partial charge in [0.25, 0.3) is 5.24 Å². The van der Waals surface area contributed by atoms with E-state index in [1.807, 2.05) is 0 Å². The van der Waals surface area contributed by atoms with Crippen molar-refractivity contribution in [2.45, 2.75) is 6.92 Å². The van der Waals surface area contributed by atoms with Gasteiger partial charge in [-0.05, 0) is 24.1 Å². The van der Waals surface area contributed by atoms with Crippen LogP contribution in [0.2, 0.25) is 0 Å². The Morgan fingerprint density at radius 2 is 2.33 bits per heavy atom. The Kier molecular flexibility index (Phi) is 1.58. The molecule has 0 aliphatic heterocycles. The summed E-state index contributed by atoms with van der Waals surface area (Å²) in [5.74, 6) is 0. The Balaban J connectivity index is 3.08. The lowest BCUT2D eigenvalue weighted by Crippen LogP contribution is -1.86. The fraction of sp³-hybridized carbons (Fsp3) is 0.167. The molecule has 0 atom stereocenters. The standard InChI is InChI=1S/C6H5ClO2/c1-4-2-9-3-5(4)6(7)8/h2-3H,1H3. The van der Waals surface area contributed by atoms with Gasteiger partial charge in [0.05, 0.1) is 11.8 Å². The minimum absolute atomic E-state index is 0.441. The van der Waals surface area contributed by atoms with Crippen LogP contribution in [-0.2, 0) is 0 Å². The molecule has 0 amide bonds. The average molecular weight is 145 g/mol. The van der Waals surface area contributed by atoms with Crippen LogP contribution >= 0.6 is 11.6 Å². The van der Waals surface area contributed by atoms with Gasteiger partial charge in [0.1, 0.15) is 6.26 Å². The molecule has 0 radical (unpaired) electrons. The number of furan rings is 1. The second kappa shape index (κ2) is 2.23. The summed E-state index contributed by atoms with van der Waals surface area (Å²) in [7, 11) is 0. The molecular weight excluding hydrogens is 140 g/mol. The van der Waals surface area contributed by atoms with Crippen LogP contribution in [0.3, 0.4) is 0 Å². The minimum atomic E-state index is -0.471. The van der Waals surface area contributed by atoms with Crippen molar-refractivity contribution in [3.05, 3.63) is 23.7 Å². The number of rotatable bonds is 1. The molecular formula is C6H5ClO2. The largest absolute Gasteiger partial charge is 0.472 e. The van der Waals surface area contributed by atoms with E-state index in [9.17, 15) is 4.79 Å². The van der Waals surface area contributed by atoms with E-state index in [0.717, 1.165) is 5.56 Å². The van der Waals surface area contributed by atoms with Gasteiger partial charge in [0, 0.05) is 0 Å². The van der Waals surface area contributed by atoms with Crippen molar-refractivity contribution in [2.24, 2.45) is 0 Å². The first-order chi connectivity index (χ1) is 4.22. The number of carbonyl (C=O) groups excluding carboxylic acids is 1. The van der Waals surface area contributed by atoms with Crippen molar-refractivity contribution in [3.8, 4) is 0 Å². The summed E-state index contributed by atoms with van der Waals surface area (Å²) in [5.41, 5.74) is 1.21. The topological polar surface area (TPSA) is 30.2 Å². The van der Waals surface area contributed by atoms with Gasteiger partial charge in [-0.2, -0.15) is 0 Å². The summed E-state index contributed by atoms with van der Waals surface area (Å²) in [5, 5.41) is -0.471. The molecule has 9 heavy (non-hydrogen) atoms. The highest BCUT2D eigenvalue weighted by Crippen LogP contribution is 2.10. The van der Waals surface area contributed by atoms with Gasteiger partial charge < -0.3 is 4.42 Å². The molecule has 0 spiro atoms. The maximum atomic E-state index is 10.4. The summed E-state index contributed by atoms with van der Waals surface area (Å²) in [6.07, 6.45) is 2.82. The molecule has 1 aromatic heterocycles. The van der Waals surface area contributed by atoms with E-state index < -0.39 is 5.24 Å². The molecule has 3 heteroatoms. The first-order valence-electron chi connectivity index (χ1n) is 2.44. The first-order valence-corrected chi connectivity index (χ1v) is 2.82. The van der Waals surface area contributed by atoms with E-state index in [1.165, 1.54) is 12.5 Å².